The molecule has 1 unspecified atom stereocenters. The summed E-state index contributed by atoms with van der Waals surface area (Å²) in [6.45, 7) is 3.05. The van der Waals surface area contributed by atoms with Gasteiger partial charge in [0.2, 0.25) is 5.78 Å². The van der Waals surface area contributed by atoms with E-state index in [1.807, 2.05) is 36.4 Å². The minimum Gasteiger partial charge on any atom is -0.338 e. The molecule has 9 heteroatoms. The number of nitrogens with one attached hydrogen (secondary N) is 2. The maximum absolute atomic E-state index is 13.4. The summed E-state index contributed by atoms with van der Waals surface area (Å²) in [5.74, 6) is -6.18. The molecule has 3 amide bonds. The van der Waals surface area contributed by atoms with Gasteiger partial charge in [-0.25, -0.2) is 13.8 Å². The largest absolute Gasteiger partial charge is 0.338 e. The van der Waals surface area contributed by atoms with Crippen LogP contribution >= 0.6 is 0 Å². The monoisotopic (exact) mass is 477 g/mol. The lowest BCUT2D eigenvalue weighted by Gasteiger charge is -2.26. The number of carbonyl (C=O) groups is 4. The third-order valence-corrected chi connectivity index (χ3v) is 5.75. The second-order valence-electron chi connectivity index (χ2n) is 8.16. The van der Waals surface area contributed by atoms with Crippen LogP contribution in [-0.2, 0) is 14.4 Å². The highest BCUT2D eigenvalue weighted by atomic mass is 19.1. The molecule has 35 heavy (non-hydrogen) atoms. The number of rotatable bonds is 5. The van der Waals surface area contributed by atoms with E-state index in [-0.39, 0.29) is 5.91 Å². The zero-order valence-corrected chi connectivity index (χ0v) is 18.8. The Labute approximate surface area is 199 Å². The number of nitrogens with zero attached hydrogens (tertiary/aromatic N) is 1. The molecule has 0 spiro atoms. The number of anilines is 1. The number of Topliss-reactive ketones (excluding diaryl/α,β-unsaturated/α-hetero) is 1. The Hall–Kier alpha value is -4.40. The first kappa shape index (κ1) is 23.7. The first-order chi connectivity index (χ1) is 16.7. The number of hydrogen-bond acceptors (Lipinski definition) is 4. The molecule has 0 saturated carbocycles. The van der Waals surface area contributed by atoms with Gasteiger partial charge in [-0.05, 0) is 43.2 Å². The summed E-state index contributed by atoms with van der Waals surface area (Å²) in [6, 6.07) is 15.3. The number of halogens is 2. The molecular weight excluding hydrogens is 456 g/mol. The summed E-state index contributed by atoms with van der Waals surface area (Å²) in [5, 5.41) is 3.34. The quantitative estimate of drug-likeness (QED) is 0.434. The van der Waals surface area contributed by atoms with Crippen molar-refractivity contribution >= 4 is 29.2 Å². The van der Waals surface area contributed by atoms with Crippen LogP contribution in [0.25, 0.3) is 11.1 Å². The predicted molar refractivity (Wildman–Crippen MR) is 124 cm³/mol. The molecule has 0 aromatic heterocycles. The van der Waals surface area contributed by atoms with Crippen LogP contribution in [-0.4, -0.2) is 29.5 Å². The van der Waals surface area contributed by atoms with Gasteiger partial charge in [0.25, 0.3) is 17.7 Å². The van der Waals surface area contributed by atoms with E-state index < -0.39 is 46.8 Å². The van der Waals surface area contributed by atoms with Crippen LogP contribution in [0.1, 0.15) is 35.7 Å². The van der Waals surface area contributed by atoms with E-state index in [0.29, 0.717) is 11.8 Å². The summed E-state index contributed by atoms with van der Waals surface area (Å²) in [4.78, 5) is 50.8. The normalized spacial score (nSPS) is 15.4. The number of ketones is 1. The van der Waals surface area contributed by atoms with Gasteiger partial charge in [-0.3, -0.25) is 24.6 Å². The molecule has 0 aliphatic carbocycles. The molecule has 0 bridgehead atoms. The summed E-state index contributed by atoms with van der Waals surface area (Å²) >= 11 is 0. The van der Waals surface area contributed by atoms with E-state index in [1.165, 1.54) is 6.92 Å². The van der Waals surface area contributed by atoms with Gasteiger partial charge in [-0.15, -0.1) is 0 Å². The summed E-state index contributed by atoms with van der Waals surface area (Å²) < 4.78 is 26.8. The first-order valence-electron chi connectivity index (χ1n) is 10.8. The Bertz CT molecular complexity index is 1340. The van der Waals surface area contributed by atoms with E-state index >= 15 is 0 Å². The van der Waals surface area contributed by atoms with Crippen LogP contribution in [0, 0.1) is 11.6 Å². The molecule has 1 heterocycles. The smallest absolute Gasteiger partial charge is 0.293 e. The van der Waals surface area contributed by atoms with Gasteiger partial charge in [0.15, 0.2) is 0 Å². The molecule has 7 nitrogen and oxygen atoms in total. The Morgan fingerprint density at radius 2 is 1.51 bits per heavy atom. The highest BCUT2D eigenvalue weighted by Crippen LogP contribution is 2.39. The summed E-state index contributed by atoms with van der Waals surface area (Å²) in [6.07, 6.45) is 0. The molecule has 1 aliphatic rings. The van der Waals surface area contributed by atoms with Crippen molar-refractivity contribution in [1.29, 1.82) is 0 Å². The number of hydrogen-bond donors (Lipinski definition) is 2. The fourth-order valence-electron chi connectivity index (χ4n) is 3.93. The van der Waals surface area contributed by atoms with Crippen molar-refractivity contribution in [2.24, 2.45) is 0 Å². The predicted octanol–water partition coefficient (Wildman–Crippen LogP) is 3.50. The first-order valence-corrected chi connectivity index (χ1v) is 10.8. The van der Waals surface area contributed by atoms with Gasteiger partial charge >= 0.3 is 0 Å². The van der Waals surface area contributed by atoms with E-state index in [1.54, 1.807) is 19.1 Å². The number of hydrazine groups is 1. The Kier molecular flexibility index (Phi) is 6.42. The average molecular weight is 477 g/mol. The van der Waals surface area contributed by atoms with Crippen molar-refractivity contribution in [3.8, 4) is 11.1 Å². The molecule has 2 atom stereocenters. The number of carbonyl (C=O) groups excluding carboxylic acids is 4. The number of para-hydroxylation sites is 1. The topological polar surface area (TPSA) is 95.6 Å². The van der Waals surface area contributed by atoms with Crippen LogP contribution in [0.5, 0.6) is 0 Å². The number of benzene rings is 3. The molecule has 3 aromatic carbocycles. The van der Waals surface area contributed by atoms with Crippen LogP contribution in [0.15, 0.2) is 66.7 Å². The highest BCUT2D eigenvalue weighted by Gasteiger charge is 2.33. The fraction of sp³-hybridized carbons (Fsp3) is 0.154. The van der Waals surface area contributed by atoms with Crippen molar-refractivity contribution in [3.63, 3.8) is 0 Å². The van der Waals surface area contributed by atoms with Crippen LogP contribution < -0.4 is 15.8 Å². The molecule has 4 rings (SSSR count). The summed E-state index contributed by atoms with van der Waals surface area (Å²) in [7, 11) is 0. The maximum Gasteiger partial charge on any atom is 0.293 e. The third kappa shape index (κ3) is 4.65. The molecule has 1 aliphatic heterocycles. The lowest BCUT2D eigenvalue weighted by Crippen LogP contribution is -2.54. The van der Waals surface area contributed by atoms with Crippen molar-refractivity contribution in [1.82, 2.24) is 10.7 Å². The molecule has 3 aromatic rings. The minimum atomic E-state index is -1.24. The van der Waals surface area contributed by atoms with Crippen LogP contribution in [0.3, 0.4) is 0 Å². The van der Waals surface area contributed by atoms with Gasteiger partial charge < -0.3 is 5.32 Å². The fourth-order valence-corrected chi connectivity index (χ4v) is 3.93. The SMILES string of the molecule is CC1C(=O)N(NC(=O)[C@H](C)NC(=O)C(=O)c2cc(F)cc(F)c2)c2ccccc2-c2ccccc21. The zero-order chi connectivity index (χ0) is 25.3. The van der Waals surface area contributed by atoms with Gasteiger partial charge in [-0.1, -0.05) is 42.5 Å². The minimum absolute atomic E-state index is 0.388. The Morgan fingerprint density at radius 3 is 2.20 bits per heavy atom. The van der Waals surface area contributed by atoms with Crippen molar-refractivity contribution in [3.05, 3.63) is 89.5 Å². The second kappa shape index (κ2) is 9.46. The summed E-state index contributed by atoms with van der Waals surface area (Å²) in [5.41, 5.74) is 4.89. The van der Waals surface area contributed by atoms with E-state index in [0.717, 1.165) is 33.8 Å². The Balaban J connectivity index is 1.54. The molecular formula is C26H21F2N3O4. The number of amides is 3. The van der Waals surface area contributed by atoms with Gasteiger partial charge in [0.1, 0.15) is 17.7 Å². The molecule has 0 saturated heterocycles. The lowest BCUT2D eigenvalue weighted by atomic mass is 9.92. The highest BCUT2D eigenvalue weighted by molar-refractivity contribution is 6.43. The van der Waals surface area contributed by atoms with E-state index in [2.05, 4.69) is 10.7 Å². The number of fused-ring (bicyclic) bond motifs is 3. The second-order valence-corrected chi connectivity index (χ2v) is 8.16. The van der Waals surface area contributed by atoms with Crippen molar-refractivity contribution in [2.75, 3.05) is 5.01 Å². The van der Waals surface area contributed by atoms with Gasteiger partial charge in [0.05, 0.1) is 11.6 Å². The zero-order valence-electron chi connectivity index (χ0n) is 18.8. The molecule has 2 N–H and O–H groups in total. The van der Waals surface area contributed by atoms with Crippen LogP contribution in [0.4, 0.5) is 14.5 Å². The molecule has 0 fully saturated rings. The van der Waals surface area contributed by atoms with Gasteiger partial charge in [0, 0.05) is 17.2 Å². The lowest BCUT2D eigenvalue weighted by molar-refractivity contribution is -0.129. The van der Waals surface area contributed by atoms with E-state index in [9.17, 15) is 28.0 Å². The van der Waals surface area contributed by atoms with Crippen molar-refractivity contribution < 1.29 is 28.0 Å². The van der Waals surface area contributed by atoms with Gasteiger partial charge in [-0.2, -0.15) is 0 Å². The molecule has 0 radical (unpaired) electrons. The third-order valence-electron chi connectivity index (χ3n) is 5.75. The van der Waals surface area contributed by atoms with Crippen molar-refractivity contribution in [2.45, 2.75) is 25.8 Å². The van der Waals surface area contributed by atoms with Crippen LogP contribution in [0.2, 0.25) is 0 Å². The average Bonchev–Trinajstić information content (AvgIpc) is 2.92. The molecule has 178 valence electrons. The maximum atomic E-state index is 13.4. The Morgan fingerprint density at radius 1 is 0.914 bits per heavy atom. The van der Waals surface area contributed by atoms with E-state index in [4.69, 9.17) is 0 Å². The standard InChI is InChI=1S/C26H21F2N3O4/c1-14-19-7-3-4-8-20(19)21-9-5-6-10-22(21)31(26(14)35)30-24(33)15(2)29-25(34)23(32)16-11-17(27)13-18(28)12-16/h3-15H,1-2H3,(H,29,34)(H,30,33)/t14?,15-/m0/s1.